The molecule has 3 rings (SSSR count). The van der Waals surface area contributed by atoms with Gasteiger partial charge in [-0.05, 0) is 23.8 Å². The number of nitriles is 1. The molecule has 1 amide bonds. The number of ether oxygens (including phenoxy) is 1. The Kier molecular flexibility index (Phi) is 4.72. The number of aliphatic hydroxyl groups is 1. The van der Waals surface area contributed by atoms with E-state index in [1.807, 2.05) is 0 Å². The number of nitrogens with zero attached hydrogens (tertiary/aromatic N) is 3. The first-order valence-corrected chi connectivity index (χ1v) is 7.57. The van der Waals surface area contributed by atoms with Crippen LogP contribution in [0.15, 0.2) is 36.5 Å². The van der Waals surface area contributed by atoms with Crippen molar-refractivity contribution in [2.75, 3.05) is 4.90 Å². The van der Waals surface area contributed by atoms with Crippen LogP contribution in [0.2, 0.25) is 0 Å². The molecular weight excluding hydrogens is 370 g/mol. The molecule has 0 saturated heterocycles. The third-order valence-electron chi connectivity index (χ3n) is 3.88. The molecule has 140 valence electrons. The van der Waals surface area contributed by atoms with Gasteiger partial charge in [0.15, 0.2) is 5.75 Å². The lowest BCUT2D eigenvalue weighted by atomic mass is 10.0. The van der Waals surface area contributed by atoms with Gasteiger partial charge < -0.3 is 9.84 Å². The van der Waals surface area contributed by atoms with Crippen LogP contribution in [0.3, 0.4) is 0 Å². The Morgan fingerprint density at radius 1 is 1.33 bits per heavy atom. The molecular formula is C17H11F4N3O3. The third-order valence-corrected chi connectivity index (χ3v) is 3.88. The average molecular weight is 381 g/mol. The number of rotatable bonds is 4. The molecule has 1 aliphatic rings. The molecule has 0 bridgehead atoms. The molecule has 0 saturated carbocycles. The number of para-hydroxylation sites is 1. The van der Waals surface area contributed by atoms with Crippen LogP contribution in [0.5, 0.6) is 5.75 Å². The molecule has 1 N–H and O–H groups in total. The maximum Gasteiger partial charge on any atom is 0.483 e. The fraction of sp³-hybridized carbons (Fsp3) is 0.235. The second-order valence-corrected chi connectivity index (χ2v) is 5.65. The van der Waals surface area contributed by atoms with Crippen LogP contribution in [0.25, 0.3) is 0 Å². The Bertz CT molecular complexity index is 930. The summed E-state index contributed by atoms with van der Waals surface area (Å²) in [6, 6.07) is 7.99. The Hall–Kier alpha value is -3.19. The van der Waals surface area contributed by atoms with Crippen molar-refractivity contribution in [3.8, 4) is 11.8 Å². The van der Waals surface area contributed by atoms with Crippen molar-refractivity contribution >= 4 is 11.6 Å². The second-order valence-electron chi connectivity index (χ2n) is 5.65. The molecule has 1 aromatic carbocycles. The quantitative estimate of drug-likeness (QED) is 0.823. The zero-order valence-corrected chi connectivity index (χ0v) is 13.4. The molecule has 1 aliphatic heterocycles. The van der Waals surface area contributed by atoms with Gasteiger partial charge >= 0.3 is 12.0 Å². The number of anilines is 1. The van der Waals surface area contributed by atoms with Crippen LogP contribution >= 0.6 is 0 Å². The van der Waals surface area contributed by atoms with E-state index in [1.165, 1.54) is 30.5 Å². The molecule has 0 fully saturated rings. The number of fused-ring (bicyclic) bond motifs is 1. The standard InChI is InChI=1S/C17H11F4N3O3/c18-15(19)13(25)11-2-1-3-12-14(11)27-17(20,21)16(26)24(12)8-9-4-5-23-10(6-9)7-22/h1-6,13,15,25H,8H2. The predicted molar refractivity (Wildman–Crippen MR) is 83.1 cm³/mol. The predicted octanol–water partition coefficient (Wildman–Crippen LogP) is 2.77. The molecule has 10 heteroatoms. The van der Waals surface area contributed by atoms with E-state index in [-0.39, 0.29) is 17.9 Å². The summed E-state index contributed by atoms with van der Waals surface area (Å²) in [5.74, 6) is -2.40. The SMILES string of the molecule is N#Cc1cc(CN2C(=O)C(F)(F)Oc3c(C(O)C(F)F)cccc32)ccn1. The summed E-state index contributed by atoms with van der Waals surface area (Å²) in [6.07, 6.45) is -8.64. The highest BCUT2D eigenvalue weighted by Gasteiger charge is 2.51. The Morgan fingerprint density at radius 3 is 2.74 bits per heavy atom. The van der Waals surface area contributed by atoms with Gasteiger partial charge in [0, 0.05) is 11.8 Å². The van der Waals surface area contributed by atoms with Crippen molar-refractivity contribution < 1.29 is 32.2 Å². The first kappa shape index (κ1) is 18.6. The van der Waals surface area contributed by atoms with E-state index in [1.54, 1.807) is 6.07 Å². The highest BCUT2D eigenvalue weighted by Crippen LogP contribution is 2.45. The van der Waals surface area contributed by atoms with Crippen molar-refractivity contribution in [3.63, 3.8) is 0 Å². The zero-order chi connectivity index (χ0) is 19.8. The largest absolute Gasteiger partial charge is 0.483 e. The third kappa shape index (κ3) is 3.41. The zero-order valence-electron chi connectivity index (χ0n) is 13.4. The Morgan fingerprint density at radius 2 is 2.07 bits per heavy atom. The highest BCUT2D eigenvalue weighted by atomic mass is 19.3. The number of benzene rings is 1. The summed E-state index contributed by atoms with van der Waals surface area (Å²) in [6.45, 7) is -0.379. The van der Waals surface area contributed by atoms with Gasteiger partial charge in [0.1, 0.15) is 17.9 Å². The number of amides is 1. The van der Waals surface area contributed by atoms with Crippen molar-refractivity contribution in [2.45, 2.75) is 25.2 Å². The van der Waals surface area contributed by atoms with Crippen LogP contribution in [0, 0.1) is 11.3 Å². The lowest BCUT2D eigenvalue weighted by Gasteiger charge is -2.35. The van der Waals surface area contributed by atoms with Gasteiger partial charge in [0.25, 0.3) is 6.43 Å². The lowest BCUT2D eigenvalue weighted by molar-refractivity contribution is -0.193. The summed E-state index contributed by atoms with van der Waals surface area (Å²) in [7, 11) is 0. The van der Waals surface area contributed by atoms with Crippen molar-refractivity contribution in [1.29, 1.82) is 5.26 Å². The van der Waals surface area contributed by atoms with Gasteiger partial charge in [-0.15, -0.1) is 0 Å². The van der Waals surface area contributed by atoms with Crippen LogP contribution in [0.4, 0.5) is 23.2 Å². The minimum Gasteiger partial charge on any atom is -0.423 e. The number of alkyl halides is 4. The number of pyridine rings is 1. The van der Waals surface area contributed by atoms with Crippen LogP contribution < -0.4 is 9.64 Å². The van der Waals surface area contributed by atoms with E-state index in [9.17, 15) is 27.5 Å². The molecule has 2 aromatic rings. The van der Waals surface area contributed by atoms with E-state index < -0.39 is 35.9 Å². The van der Waals surface area contributed by atoms with Gasteiger partial charge in [0.05, 0.1) is 12.2 Å². The topological polar surface area (TPSA) is 86.5 Å². The Balaban J connectivity index is 2.09. The molecule has 1 unspecified atom stereocenters. The minimum atomic E-state index is -4.31. The number of carbonyl (C=O) groups is 1. The summed E-state index contributed by atoms with van der Waals surface area (Å²) in [4.78, 5) is 16.5. The van der Waals surface area contributed by atoms with Crippen LogP contribution in [-0.2, 0) is 11.3 Å². The van der Waals surface area contributed by atoms with Crippen LogP contribution in [-0.4, -0.2) is 28.5 Å². The summed E-state index contributed by atoms with van der Waals surface area (Å²) in [5, 5.41) is 18.5. The molecule has 1 aromatic heterocycles. The molecule has 2 heterocycles. The fourth-order valence-corrected chi connectivity index (χ4v) is 2.65. The van der Waals surface area contributed by atoms with Crippen molar-refractivity contribution in [2.24, 2.45) is 0 Å². The Labute approximate surface area is 150 Å². The van der Waals surface area contributed by atoms with Gasteiger partial charge in [0.2, 0.25) is 0 Å². The van der Waals surface area contributed by atoms with Gasteiger partial charge in [-0.25, -0.2) is 13.8 Å². The number of aliphatic hydroxyl groups excluding tert-OH is 1. The molecule has 27 heavy (non-hydrogen) atoms. The number of hydrogen-bond donors (Lipinski definition) is 1. The average Bonchev–Trinajstić information content (AvgIpc) is 2.64. The summed E-state index contributed by atoms with van der Waals surface area (Å²) >= 11 is 0. The fourth-order valence-electron chi connectivity index (χ4n) is 2.65. The smallest absolute Gasteiger partial charge is 0.423 e. The molecule has 0 aliphatic carbocycles. The first-order valence-electron chi connectivity index (χ1n) is 7.57. The number of carbonyl (C=O) groups excluding carboxylic acids is 1. The van der Waals surface area contributed by atoms with Crippen molar-refractivity contribution in [3.05, 3.63) is 53.3 Å². The number of halogens is 4. The van der Waals surface area contributed by atoms with E-state index >= 15 is 0 Å². The van der Waals surface area contributed by atoms with E-state index in [0.717, 1.165) is 6.07 Å². The minimum absolute atomic E-state index is 0.0158. The lowest BCUT2D eigenvalue weighted by Crippen LogP contribution is -2.50. The molecule has 1 atom stereocenters. The van der Waals surface area contributed by atoms with E-state index in [4.69, 9.17) is 5.26 Å². The maximum atomic E-state index is 14.1. The van der Waals surface area contributed by atoms with Crippen molar-refractivity contribution in [1.82, 2.24) is 4.98 Å². The first-order chi connectivity index (χ1) is 12.7. The normalized spacial score (nSPS) is 16.5. The van der Waals surface area contributed by atoms with Gasteiger partial charge in [-0.1, -0.05) is 12.1 Å². The van der Waals surface area contributed by atoms with Gasteiger partial charge in [-0.2, -0.15) is 14.0 Å². The number of hydrogen-bond acceptors (Lipinski definition) is 5. The maximum absolute atomic E-state index is 14.1. The van der Waals surface area contributed by atoms with E-state index in [2.05, 4.69) is 9.72 Å². The molecule has 0 radical (unpaired) electrons. The molecule has 0 spiro atoms. The van der Waals surface area contributed by atoms with E-state index in [0.29, 0.717) is 10.5 Å². The monoisotopic (exact) mass is 381 g/mol. The van der Waals surface area contributed by atoms with Crippen LogP contribution in [0.1, 0.15) is 22.9 Å². The van der Waals surface area contributed by atoms with Gasteiger partial charge in [-0.3, -0.25) is 9.69 Å². The summed E-state index contributed by atoms with van der Waals surface area (Å²) < 4.78 is 58.2. The number of aromatic nitrogens is 1. The summed E-state index contributed by atoms with van der Waals surface area (Å²) in [5.41, 5.74) is -0.425. The molecule has 6 nitrogen and oxygen atoms in total. The highest BCUT2D eigenvalue weighted by molar-refractivity contribution is 6.01. The second kappa shape index (κ2) is 6.85.